The molecule has 0 aliphatic heterocycles. The Kier molecular flexibility index (Phi) is 4.17. The molecule has 0 saturated heterocycles. The molecule has 1 aromatic carbocycles. The van der Waals surface area contributed by atoms with Crippen molar-refractivity contribution in [2.24, 2.45) is 0 Å². The van der Waals surface area contributed by atoms with E-state index in [0.717, 1.165) is 12.1 Å². The highest BCUT2D eigenvalue weighted by Crippen LogP contribution is 2.15. The van der Waals surface area contributed by atoms with Gasteiger partial charge in [-0.25, -0.2) is 9.18 Å². The number of benzene rings is 1. The van der Waals surface area contributed by atoms with E-state index in [9.17, 15) is 14.0 Å². The molecule has 0 aliphatic rings. The van der Waals surface area contributed by atoms with E-state index in [1.54, 1.807) is 13.0 Å². The third kappa shape index (κ3) is 3.28. The van der Waals surface area contributed by atoms with Gasteiger partial charge in [0.05, 0.1) is 17.9 Å². The van der Waals surface area contributed by atoms with Crippen molar-refractivity contribution in [3.63, 3.8) is 0 Å². The van der Waals surface area contributed by atoms with Crippen molar-refractivity contribution < 1.29 is 18.7 Å². The largest absolute Gasteiger partial charge is 0.459 e. The number of hydrogen-bond acceptors (Lipinski definition) is 4. The molecule has 0 saturated carbocycles. The third-order valence-corrected chi connectivity index (χ3v) is 1.81. The average Bonchev–Trinajstić information content (AvgIpc) is 2.31. The van der Waals surface area contributed by atoms with Crippen LogP contribution in [0, 0.1) is 17.1 Å². The van der Waals surface area contributed by atoms with Crippen LogP contribution in [0.25, 0.3) is 0 Å². The number of ether oxygens (including phenoxy) is 1. The molecule has 6 heteroatoms. The zero-order valence-corrected chi connectivity index (χ0v) is 8.99. The zero-order valence-electron chi connectivity index (χ0n) is 8.99. The zero-order chi connectivity index (χ0) is 12.8. The molecule has 17 heavy (non-hydrogen) atoms. The number of amides is 1. The van der Waals surface area contributed by atoms with Crippen LogP contribution in [-0.2, 0) is 14.3 Å². The first-order chi connectivity index (χ1) is 8.08. The van der Waals surface area contributed by atoms with Crippen molar-refractivity contribution in [2.75, 3.05) is 11.9 Å². The van der Waals surface area contributed by atoms with E-state index in [1.807, 2.05) is 0 Å². The van der Waals surface area contributed by atoms with Gasteiger partial charge in [0, 0.05) is 0 Å². The van der Waals surface area contributed by atoms with Crippen molar-refractivity contribution in [2.45, 2.75) is 6.92 Å². The molecule has 0 aromatic heterocycles. The first-order valence-electron chi connectivity index (χ1n) is 4.76. The van der Waals surface area contributed by atoms with Gasteiger partial charge in [-0.1, -0.05) is 0 Å². The SMILES string of the molecule is CCOC(=O)C(=O)Nc1ccc(F)cc1C#N. The number of nitrogens with one attached hydrogen (secondary N) is 1. The maximum Gasteiger partial charge on any atom is 0.397 e. The summed E-state index contributed by atoms with van der Waals surface area (Å²) in [5, 5.41) is 10.9. The lowest BCUT2D eigenvalue weighted by Gasteiger charge is -2.06. The maximum atomic E-state index is 12.8. The molecule has 1 N–H and O–H groups in total. The molecule has 0 radical (unpaired) electrons. The second-order valence-corrected chi connectivity index (χ2v) is 2.98. The Balaban J connectivity index is 2.86. The van der Waals surface area contributed by atoms with Crippen LogP contribution >= 0.6 is 0 Å². The van der Waals surface area contributed by atoms with Gasteiger partial charge in [0.25, 0.3) is 0 Å². The van der Waals surface area contributed by atoms with Crippen LogP contribution in [0.3, 0.4) is 0 Å². The summed E-state index contributed by atoms with van der Waals surface area (Å²) in [5.41, 5.74) is -0.00500. The topological polar surface area (TPSA) is 79.2 Å². The number of halogens is 1. The van der Waals surface area contributed by atoms with Crippen LogP contribution in [-0.4, -0.2) is 18.5 Å². The molecule has 0 bridgehead atoms. The summed E-state index contributed by atoms with van der Waals surface area (Å²) in [6.07, 6.45) is 0. The summed E-state index contributed by atoms with van der Waals surface area (Å²) in [7, 11) is 0. The Morgan fingerprint density at radius 2 is 2.24 bits per heavy atom. The van der Waals surface area contributed by atoms with E-state index in [2.05, 4.69) is 10.1 Å². The Labute approximate surface area is 96.8 Å². The molecule has 88 valence electrons. The monoisotopic (exact) mass is 236 g/mol. The van der Waals surface area contributed by atoms with E-state index < -0.39 is 17.7 Å². The van der Waals surface area contributed by atoms with Crippen LogP contribution < -0.4 is 5.32 Å². The van der Waals surface area contributed by atoms with Gasteiger partial charge in [-0.2, -0.15) is 5.26 Å². The van der Waals surface area contributed by atoms with E-state index in [4.69, 9.17) is 5.26 Å². The lowest BCUT2D eigenvalue weighted by atomic mass is 10.2. The fourth-order valence-corrected chi connectivity index (χ4v) is 1.09. The predicted octanol–water partition coefficient (Wildman–Crippen LogP) is 1.20. The number of nitrogens with zero attached hydrogens (tertiary/aromatic N) is 1. The van der Waals surface area contributed by atoms with Crippen molar-refractivity contribution in [1.82, 2.24) is 0 Å². The summed E-state index contributed by atoms with van der Waals surface area (Å²) in [5.74, 6) is -2.66. The fourth-order valence-electron chi connectivity index (χ4n) is 1.09. The minimum Gasteiger partial charge on any atom is -0.459 e. The van der Waals surface area contributed by atoms with Gasteiger partial charge in [0.15, 0.2) is 0 Å². The Morgan fingerprint density at radius 1 is 1.53 bits per heavy atom. The molecule has 1 rings (SSSR count). The molecule has 0 spiro atoms. The van der Waals surface area contributed by atoms with Crippen LogP contribution in [0.5, 0.6) is 0 Å². The third-order valence-electron chi connectivity index (χ3n) is 1.81. The molecule has 0 heterocycles. The molecule has 0 atom stereocenters. The summed E-state index contributed by atoms with van der Waals surface area (Å²) in [4.78, 5) is 22.3. The highest BCUT2D eigenvalue weighted by atomic mass is 19.1. The number of esters is 1. The van der Waals surface area contributed by atoms with Crippen LogP contribution in [0.2, 0.25) is 0 Å². The van der Waals surface area contributed by atoms with Gasteiger partial charge in [-0.3, -0.25) is 4.79 Å². The van der Waals surface area contributed by atoms with Crippen LogP contribution in [0.15, 0.2) is 18.2 Å². The van der Waals surface area contributed by atoms with E-state index in [1.165, 1.54) is 6.07 Å². The fraction of sp³-hybridized carbons (Fsp3) is 0.182. The van der Waals surface area contributed by atoms with E-state index in [0.29, 0.717) is 0 Å². The Hall–Kier alpha value is -2.42. The molecule has 1 amide bonds. The van der Waals surface area contributed by atoms with E-state index >= 15 is 0 Å². The number of hydrogen-bond donors (Lipinski definition) is 1. The van der Waals surface area contributed by atoms with E-state index in [-0.39, 0.29) is 17.9 Å². The number of nitriles is 1. The molecular formula is C11H9FN2O3. The quantitative estimate of drug-likeness (QED) is 0.618. The molecule has 0 fully saturated rings. The Morgan fingerprint density at radius 3 is 2.82 bits per heavy atom. The summed E-state index contributed by atoms with van der Waals surface area (Å²) < 4.78 is 17.3. The van der Waals surface area contributed by atoms with Gasteiger partial charge in [-0.05, 0) is 25.1 Å². The predicted molar refractivity (Wildman–Crippen MR) is 56.4 cm³/mol. The molecular weight excluding hydrogens is 227 g/mol. The van der Waals surface area contributed by atoms with Crippen LogP contribution in [0.1, 0.15) is 12.5 Å². The number of anilines is 1. The lowest BCUT2D eigenvalue weighted by molar-refractivity contribution is -0.152. The molecule has 0 aliphatic carbocycles. The lowest BCUT2D eigenvalue weighted by Crippen LogP contribution is -2.25. The first-order valence-corrected chi connectivity index (χ1v) is 4.76. The molecule has 1 aromatic rings. The summed E-state index contributed by atoms with van der Waals surface area (Å²) in [6, 6.07) is 4.94. The van der Waals surface area contributed by atoms with Gasteiger partial charge in [0.2, 0.25) is 0 Å². The normalized spacial score (nSPS) is 9.24. The van der Waals surface area contributed by atoms with Crippen molar-refractivity contribution in [3.8, 4) is 6.07 Å². The van der Waals surface area contributed by atoms with Crippen molar-refractivity contribution >= 4 is 17.6 Å². The standard InChI is InChI=1S/C11H9FN2O3/c1-2-17-11(16)10(15)14-9-4-3-8(12)5-7(9)6-13/h3-5H,2H2,1H3,(H,14,15). The highest BCUT2D eigenvalue weighted by molar-refractivity contribution is 6.37. The van der Waals surface area contributed by atoms with Gasteiger partial charge in [-0.15, -0.1) is 0 Å². The second kappa shape index (κ2) is 5.61. The maximum absolute atomic E-state index is 12.8. The van der Waals surface area contributed by atoms with Gasteiger partial charge < -0.3 is 10.1 Å². The summed E-state index contributed by atoms with van der Waals surface area (Å²) >= 11 is 0. The molecule has 5 nitrogen and oxygen atoms in total. The average molecular weight is 236 g/mol. The highest BCUT2D eigenvalue weighted by Gasteiger charge is 2.16. The number of carbonyl (C=O) groups is 2. The van der Waals surface area contributed by atoms with Gasteiger partial charge >= 0.3 is 11.9 Å². The smallest absolute Gasteiger partial charge is 0.397 e. The second-order valence-electron chi connectivity index (χ2n) is 2.98. The van der Waals surface area contributed by atoms with Crippen LogP contribution in [0.4, 0.5) is 10.1 Å². The Bertz CT molecular complexity index is 494. The number of carbonyl (C=O) groups excluding carboxylic acids is 2. The minimum atomic E-state index is -1.05. The first kappa shape index (κ1) is 12.6. The van der Waals surface area contributed by atoms with Crippen molar-refractivity contribution in [1.29, 1.82) is 5.26 Å². The molecule has 0 unspecified atom stereocenters. The minimum absolute atomic E-state index is 0.0620. The summed E-state index contributed by atoms with van der Waals surface area (Å²) in [6.45, 7) is 1.63. The van der Waals surface area contributed by atoms with Crippen molar-refractivity contribution in [3.05, 3.63) is 29.6 Å². The number of rotatable bonds is 2. The van der Waals surface area contributed by atoms with Gasteiger partial charge in [0.1, 0.15) is 11.9 Å².